The van der Waals surface area contributed by atoms with E-state index in [4.69, 9.17) is 9.84 Å². The summed E-state index contributed by atoms with van der Waals surface area (Å²) in [4.78, 5) is 22.5. The number of aliphatic carboxylic acids is 1. The molecule has 0 atom stereocenters. The van der Waals surface area contributed by atoms with Crippen molar-refractivity contribution in [2.24, 2.45) is 5.41 Å². The van der Waals surface area contributed by atoms with Gasteiger partial charge in [0.25, 0.3) is 0 Å². The Morgan fingerprint density at radius 3 is 2.40 bits per heavy atom. The van der Waals surface area contributed by atoms with Crippen molar-refractivity contribution in [3.8, 4) is 5.75 Å². The highest BCUT2D eigenvalue weighted by Crippen LogP contribution is 2.45. The summed E-state index contributed by atoms with van der Waals surface area (Å²) in [5.74, 6) is -0.0803. The van der Waals surface area contributed by atoms with Gasteiger partial charge in [-0.1, -0.05) is 12.1 Å². The van der Waals surface area contributed by atoms with E-state index in [1.807, 2.05) is 24.3 Å². The number of urea groups is 1. The number of hydrogen-bond acceptors (Lipinski definition) is 3. The summed E-state index contributed by atoms with van der Waals surface area (Å²) in [5.41, 5.74) is 0.206. The first-order valence-electron chi connectivity index (χ1n) is 6.44. The Labute approximate surface area is 117 Å². The van der Waals surface area contributed by atoms with Crippen molar-refractivity contribution < 1.29 is 19.4 Å². The normalized spacial score (nSPS) is 15.2. The van der Waals surface area contributed by atoms with Gasteiger partial charge in [0.05, 0.1) is 12.5 Å². The van der Waals surface area contributed by atoms with Crippen molar-refractivity contribution in [1.29, 1.82) is 0 Å². The molecule has 1 aliphatic rings. The Morgan fingerprint density at radius 2 is 1.90 bits per heavy atom. The van der Waals surface area contributed by atoms with Crippen molar-refractivity contribution in [2.75, 3.05) is 13.7 Å². The highest BCUT2D eigenvalue weighted by molar-refractivity contribution is 5.80. The molecule has 0 saturated heterocycles. The van der Waals surface area contributed by atoms with Gasteiger partial charge in [-0.05, 0) is 30.5 Å². The molecule has 20 heavy (non-hydrogen) atoms. The average molecular weight is 278 g/mol. The Morgan fingerprint density at radius 1 is 1.25 bits per heavy atom. The number of nitrogens with one attached hydrogen (secondary N) is 2. The molecule has 6 heteroatoms. The van der Waals surface area contributed by atoms with Crippen LogP contribution >= 0.6 is 0 Å². The van der Waals surface area contributed by atoms with Crippen LogP contribution in [0.5, 0.6) is 5.75 Å². The fourth-order valence-electron chi connectivity index (χ4n) is 1.85. The predicted octanol–water partition coefficient (Wildman–Crippen LogP) is 1.36. The quantitative estimate of drug-likeness (QED) is 0.733. The number of ether oxygens (including phenoxy) is 1. The molecule has 6 nitrogen and oxygen atoms in total. The van der Waals surface area contributed by atoms with Gasteiger partial charge < -0.3 is 20.5 Å². The molecule has 1 aromatic rings. The van der Waals surface area contributed by atoms with Gasteiger partial charge in [-0.3, -0.25) is 4.79 Å². The Hall–Kier alpha value is -2.24. The maximum absolute atomic E-state index is 11.6. The van der Waals surface area contributed by atoms with Gasteiger partial charge in [0.1, 0.15) is 5.75 Å². The molecule has 0 bridgehead atoms. The number of methoxy groups -OCH3 is 1. The van der Waals surface area contributed by atoms with E-state index in [9.17, 15) is 9.59 Å². The van der Waals surface area contributed by atoms with Crippen LogP contribution in [0.15, 0.2) is 24.3 Å². The Balaban J connectivity index is 1.73. The van der Waals surface area contributed by atoms with E-state index in [0.717, 1.165) is 11.3 Å². The van der Waals surface area contributed by atoms with Gasteiger partial charge in [-0.15, -0.1) is 0 Å². The van der Waals surface area contributed by atoms with Crippen molar-refractivity contribution in [3.63, 3.8) is 0 Å². The number of benzene rings is 1. The van der Waals surface area contributed by atoms with Crippen LogP contribution in [0.2, 0.25) is 0 Å². The van der Waals surface area contributed by atoms with Crippen LogP contribution < -0.4 is 15.4 Å². The van der Waals surface area contributed by atoms with E-state index >= 15 is 0 Å². The van der Waals surface area contributed by atoms with Crippen LogP contribution in [0.4, 0.5) is 4.79 Å². The number of carboxylic acid groups (broad SMARTS) is 1. The van der Waals surface area contributed by atoms with Crippen molar-refractivity contribution in [1.82, 2.24) is 10.6 Å². The van der Waals surface area contributed by atoms with Crippen LogP contribution in [-0.4, -0.2) is 30.8 Å². The fourth-order valence-corrected chi connectivity index (χ4v) is 1.85. The number of carboxylic acids is 1. The standard InChI is InChI=1S/C14H18N2O4/c1-20-11-4-2-10(3-5-11)8-15-13(19)16-9-14(6-7-14)12(17)18/h2-5H,6-9H2,1H3,(H,17,18)(H2,15,16,19). The second-order valence-corrected chi connectivity index (χ2v) is 4.97. The van der Waals surface area contributed by atoms with Gasteiger partial charge >= 0.3 is 12.0 Å². The molecule has 0 heterocycles. The summed E-state index contributed by atoms with van der Waals surface area (Å²) in [5, 5.41) is 14.3. The maximum Gasteiger partial charge on any atom is 0.315 e. The summed E-state index contributed by atoms with van der Waals surface area (Å²) < 4.78 is 5.04. The summed E-state index contributed by atoms with van der Waals surface area (Å²) in [7, 11) is 1.59. The van der Waals surface area contributed by atoms with E-state index in [0.29, 0.717) is 19.4 Å². The van der Waals surface area contributed by atoms with E-state index in [-0.39, 0.29) is 12.6 Å². The minimum Gasteiger partial charge on any atom is -0.497 e. The molecule has 1 aromatic carbocycles. The van der Waals surface area contributed by atoms with Crippen LogP contribution in [0.1, 0.15) is 18.4 Å². The molecule has 0 spiro atoms. The molecule has 0 aliphatic heterocycles. The zero-order valence-corrected chi connectivity index (χ0v) is 11.3. The van der Waals surface area contributed by atoms with Gasteiger partial charge in [0, 0.05) is 13.1 Å². The van der Waals surface area contributed by atoms with Gasteiger partial charge in [-0.2, -0.15) is 0 Å². The molecular weight excluding hydrogens is 260 g/mol. The van der Waals surface area contributed by atoms with Crippen molar-refractivity contribution in [2.45, 2.75) is 19.4 Å². The SMILES string of the molecule is COc1ccc(CNC(=O)NCC2(C(=O)O)CC2)cc1. The zero-order chi connectivity index (χ0) is 14.6. The maximum atomic E-state index is 11.6. The minimum atomic E-state index is -0.840. The number of carbonyl (C=O) groups is 2. The Kier molecular flexibility index (Phi) is 4.12. The predicted molar refractivity (Wildman–Crippen MR) is 72.5 cm³/mol. The van der Waals surface area contributed by atoms with Crippen LogP contribution in [0.3, 0.4) is 0 Å². The summed E-state index contributed by atoms with van der Waals surface area (Å²) in [6.45, 7) is 0.562. The smallest absolute Gasteiger partial charge is 0.315 e. The van der Waals surface area contributed by atoms with Gasteiger partial charge in [0.2, 0.25) is 0 Å². The molecule has 1 fully saturated rings. The lowest BCUT2D eigenvalue weighted by Gasteiger charge is -2.12. The lowest BCUT2D eigenvalue weighted by Crippen LogP contribution is -2.40. The molecule has 108 valence electrons. The molecule has 0 radical (unpaired) electrons. The number of amides is 2. The highest BCUT2D eigenvalue weighted by Gasteiger charge is 2.50. The number of rotatable bonds is 6. The third kappa shape index (κ3) is 3.40. The zero-order valence-electron chi connectivity index (χ0n) is 11.3. The highest BCUT2D eigenvalue weighted by atomic mass is 16.5. The molecule has 2 rings (SSSR count). The first-order chi connectivity index (χ1) is 9.55. The molecule has 2 amide bonds. The average Bonchev–Trinajstić information content (AvgIpc) is 3.25. The van der Waals surface area contributed by atoms with E-state index in [1.165, 1.54) is 0 Å². The molecule has 1 saturated carbocycles. The fraction of sp³-hybridized carbons (Fsp3) is 0.429. The third-order valence-electron chi connectivity index (χ3n) is 3.51. The molecule has 1 aliphatic carbocycles. The Bertz CT molecular complexity index is 494. The van der Waals surface area contributed by atoms with E-state index < -0.39 is 11.4 Å². The largest absolute Gasteiger partial charge is 0.497 e. The van der Waals surface area contributed by atoms with E-state index in [2.05, 4.69) is 10.6 Å². The first kappa shape index (κ1) is 14.2. The molecule has 3 N–H and O–H groups in total. The molecule has 0 unspecified atom stereocenters. The molecule has 0 aromatic heterocycles. The van der Waals surface area contributed by atoms with Gasteiger partial charge in [-0.25, -0.2) is 4.79 Å². The second-order valence-electron chi connectivity index (χ2n) is 4.97. The van der Waals surface area contributed by atoms with Crippen LogP contribution in [-0.2, 0) is 11.3 Å². The minimum absolute atomic E-state index is 0.177. The summed E-state index contributed by atoms with van der Waals surface area (Å²) >= 11 is 0. The lowest BCUT2D eigenvalue weighted by molar-refractivity contribution is -0.143. The molecular formula is C14H18N2O4. The van der Waals surface area contributed by atoms with E-state index in [1.54, 1.807) is 7.11 Å². The lowest BCUT2D eigenvalue weighted by atomic mass is 10.1. The van der Waals surface area contributed by atoms with Crippen LogP contribution in [0.25, 0.3) is 0 Å². The topological polar surface area (TPSA) is 87.7 Å². The number of hydrogen-bond donors (Lipinski definition) is 3. The third-order valence-corrected chi connectivity index (χ3v) is 3.51. The van der Waals surface area contributed by atoms with Crippen molar-refractivity contribution in [3.05, 3.63) is 29.8 Å². The summed E-state index contributed by atoms with van der Waals surface area (Å²) in [6.07, 6.45) is 1.25. The van der Waals surface area contributed by atoms with Crippen molar-refractivity contribution >= 4 is 12.0 Å². The summed E-state index contributed by atoms with van der Waals surface area (Å²) in [6, 6.07) is 7.00. The second kappa shape index (κ2) is 5.81. The van der Waals surface area contributed by atoms with Crippen LogP contribution in [0, 0.1) is 5.41 Å². The number of carbonyl (C=O) groups excluding carboxylic acids is 1. The monoisotopic (exact) mass is 278 g/mol. The van der Waals surface area contributed by atoms with Gasteiger partial charge in [0.15, 0.2) is 0 Å². The first-order valence-corrected chi connectivity index (χ1v) is 6.44.